The Kier molecular flexibility index (Phi) is 5.33. The van der Waals surface area contributed by atoms with Gasteiger partial charge >= 0.3 is 0 Å². The van der Waals surface area contributed by atoms with Gasteiger partial charge in [0.1, 0.15) is 12.3 Å². The fraction of sp³-hybridized carbons (Fsp3) is 0.500. The molecule has 1 atom stereocenters. The number of amides is 1. The first-order valence-electron chi connectivity index (χ1n) is 5.57. The molecule has 0 aliphatic rings. The summed E-state index contributed by atoms with van der Waals surface area (Å²) in [4.78, 5) is 11.4. The molecule has 19 heavy (non-hydrogen) atoms. The molecule has 0 aliphatic heterocycles. The predicted molar refractivity (Wildman–Crippen MR) is 63.0 cm³/mol. The molecule has 0 spiro atoms. The Balaban J connectivity index is 2.64. The highest BCUT2D eigenvalue weighted by Gasteiger charge is 2.16. The maximum atomic E-state index is 11.4. The Morgan fingerprint density at radius 2 is 2.32 bits per heavy atom. The van der Waals surface area contributed by atoms with E-state index in [1.54, 1.807) is 6.92 Å². The molecule has 0 fully saturated rings. The summed E-state index contributed by atoms with van der Waals surface area (Å²) in [5.41, 5.74) is 0.351. The van der Waals surface area contributed by atoms with Gasteiger partial charge in [0.05, 0.1) is 21.4 Å². The second-order valence-electron chi connectivity index (χ2n) is 3.88. The highest BCUT2D eigenvalue weighted by atomic mass is 32.2. The Morgan fingerprint density at radius 3 is 2.79 bits per heavy atom. The number of hydrogen-bond acceptors (Lipinski definition) is 6. The van der Waals surface area contributed by atoms with Crippen molar-refractivity contribution in [1.29, 1.82) is 0 Å². The molecule has 0 radical (unpaired) electrons. The minimum absolute atomic E-state index is 0.142. The van der Waals surface area contributed by atoms with Gasteiger partial charge in [-0.15, -0.1) is 0 Å². The van der Waals surface area contributed by atoms with Crippen molar-refractivity contribution in [2.24, 2.45) is 0 Å². The lowest BCUT2D eigenvalue weighted by molar-refractivity contribution is -0.758. The van der Waals surface area contributed by atoms with Crippen molar-refractivity contribution >= 4 is 16.0 Å². The van der Waals surface area contributed by atoms with E-state index >= 15 is 0 Å². The smallest absolute Gasteiger partial charge is 0.253 e. The molecular weight excluding hydrogens is 274 g/mol. The van der Waals surface area contributed by atoms with Crippen LogP contribution in [0.5, 0.6) is 0 Å². The number of carbonyl (C=O) groups excluding carboxylic acids is 1. The summed E-state index contributed by atoms with van der Waals surface area (Å²) < 4.78 is 32.6. The van der Waals surface area contributed by atoms with Gasteiger partial charge in [0, 0.05) is 12.6 Å². The Hall–Kier alpha value is -1.58. The minimum atomic E-state index is -4.48. The fourth-order valence-electron chi connectivity index (χ4n) is 1.39. The Labute approximate surface area is 110 Å². The zero-order chi connectivity index (χ0) is 14.5. The summed E-state index contributed by atoms with van der Waals surface area (Å²) in [5.74, 6) is -1.15. The lowest BCUT2D eigenvalue weighted by Crippen LogP contribution is -2.45. The zero-order valence-corrected chi connectivity index (χ0v) is 11.1. The van der Waals surface area contributed by atoms with Crippen LogP contribution in [0.1, 0.15) is 17.3 Å². The molecule has 0 bridgehead atoms. The van der Waals surface area contributed by atoms with Crippen molar-refractivity contribution in [2.45, 2.75) is 19.6 Å². The monoisotopic (exact) mass is 289 g/mol. The van der Waals surface area contributed by atoms with Gasteiger partial charge in [-0.2, -0.15) is 0 Å². The molecule has 106 valence electrons. The largest absolute Gasteiger partial charge is 0.748 e. The third kappa shape index (κ3) is 5.73. The highest BCUT2D eigenvalue weighted by molar-refractivity contribution is 7.85. The molecule has 0 aromatic carbocycles. The molecular formula is C10H15N3O5S. The molecule has 1 aromatic rings. The molecule has 8 nitrogen and oxygen atoms in total. The van der Waals surface area contributed by atoms with Gasteiger partial charge in [-0.25, -0.2) is 8.42 Å². The second kappa shape index (κ2) is 6.55. The summed E-state index contributed by atoms with van der Waals surface area (Å²) in [6.07, 6.45) is 1.38. The Morgan fingerprint density at radius 1 is 1.63 bits per heavy atom. The van der Waals surface area contributed by atoms with Gasteiger partial charge < -0.3 is 15.0 Å². The number of aliphatic hydroxyl groups is 1. The van der Waals surface area contributed by atoms with Crippen LogP contribution in [-0.2, 0) is 16.7 Å². The molecule has 1 rings (SSSR count). The van der Waals surface area contributed by atoms with E-state index in [1.807, 2.05) is 0 Å². The summed E-state index contributed by atoms with van der Waals surface area (Å²) in [5, 5.41) is 15.8. The number of rotatable bonds is 6. The van der Waals surface area contributed by atoms with E-state index in [-0.39, 0.29) is 12.5 Å². The maximum Gasteiger partial charge on any atom is 0.253 e. The molecule has 1 heterocycles. The van der Waals surface area contributed by atoms with Gasteiger partial charge in [0.25, 0.3) is 5.91 Å². The number of nitrogens with one attached hydrogen (secondary N) is 1. The first-order chi connectivity index (χ1) is 8.81. The molecule has 0 saturated carbocycles. The summed E-state index contributed by atoms with van der Waals surface area (Å²) in [6, 6.07) is 1.48. The second-order valence-corrected chi connectivity index (χ2v) is 5.32. The standard InChI is InChI=1S/C10H15N3O5S/c1-2-11-10(15)8-3-4-13(12-5-8)6-9(14)7-19(16,17)18/h3-5,9,14H,2,6-7H2,1H3,(H-,11,15,16,17,18). The van der Waals surface area contributed by atoms with Crippen LogP contribution in [0, 0.1) is 0 Å². The molecule has 1 amide bonds. The fourth-order valence-corrected chi connectivity index (χ4v) is 1.97. The van der Waals surface area contributed by atoms with Crippen LogP contribution >= 0.6 is 0 Å². The van der Waals surface area contributed by atoms with Crippen LogP contribution in [0.15, 0.2) is 18.5 Å². The number of aromatic nitrogens is 2. The quantitative estimate of drug-likeness (QED) is 0.462. The van der Waals surface area contributed by atoms with E-state index in [4.69, 9.17) is 0 Å². The van der Waals surface area contributed by atoms with E-state index in [0.29, 0.717) is 12.1 Å². The molecule has 0 aliphatic carbocycles. The summed E-state index contributed by atoms with van der Waals surface area (Å²) in [7, 11) is -4.48. The average molecular weight is 289 g/mol. The first-order valence-corrected chi connectivity index (χ1v) is 7.15. The number of nitrogens with zero attached hydrogens (tertiary/aromatic N) is 2. The minimum Gasteiger partial charge on any atom is -0.748 e. The van der Waals surface area contributed by atoms with Gasteiger partial charge in [-0.1, -0.05) is 4.68 Å². The van der Waals surface area contributed by atoms with E-state index in [2.05, 4.69) is 10.4 Å². The maximum absolute atomic E-state index is 11.4. The average Bonchev–Trinajstić information content (AvgIpc) is 2.27. The van der Waals surface area contributed by atoms with Gasteiger partial charge in [-0.3, -0.25) is 4.79 Å². The van der Waals surface area contributed by atoms with Crippen molar-refractivity contribution in [3.8, 4) is 0 Å². The topological polar surface area (TPSA) is 123 Å². The SMILES string of the molecule is CCNC(=O)c1cc[n+](CC(O)CS(=O)(=O)[O-])nc1. The lowest BCUT2D eigenvalue weighted by Gasteiger charge is -2.09. The van der Waals surface area contributed by atoms with Crippen molar-refractivity contribution in [2.75, 3.05) is 12.3 Å². The van der Waals surface area contributed by atoms with E-state index in [0.717, 1.165) is 0 Å². The predicted octanol–water partition coefficient (Wildman–Crippen LogP) is -1.98. The Bertz CT molecular complexity index is 529. The zero-order valence-electron chi connectivity index (χ0n) is 10.3. The van der Waals surface area contributed by atoms with Crippen molar-refractivity contribution in [1.82, 2.24) is 10.4 Å². The first kappa shape index (κ1) is 15.5. The molecule has 1 unspecified atom stereocenters. The number of carbonyl (C=O) groups is 1. The van der Waals surface area contributed by atoms with Gasteiger partial charge in [0.2, 0.25) is 6.54 Å². The molecule has 1 aromatic heterocycles. The normalized spacial score (nSPS) is 13.0. The van der Waals surface area contributed by atoms with Crippen LogP contribution in [0.25, 0.3) is 0 Å². The van der Waals surface area contributed by atoms with Crippen molar-refractivity contribution < 1.29 is 27.6 Å². The summed E-state index contributed by atoms with van der Waals surface area (Å²) in [6.45, 7) is 2.14. The van der Waals surface area contributed by atoms with E-state index < -0.39 is 22.0 Å². The van der Waals surface area contributed by atoms with Crippen LogP contribution < -0.4 is 10.00 Å². The summed E-state index contributed by atoms with van der Waals surface area (Å²) >= 11 is 0. The van der Waals surface area contributed by atoms with Crippen LogP contribution in [0.3, 0.4) is 0 Å². The molecule has 9 heteroatoms. The van der Waals surface area contributed by atoms with Crippen LogP contribution in [0.2, 0.25) is 0 Å². The third-order valence-corrected chi connectivity index (χ3v) is 2.96. The van der Waals surface area contributed by atoms with Gasteiger partial charge in [-0.05, 0) is 12.0 Å². The molecule has 2 N–H and O–H groups in total. The molecule has 0 saturated heterocycles. The van der Waals surface area contributed by atoms with E-state index in [9.17, 15) is 22.9 Å². The van der Waals surface area contributed by atoms with Crippen molar-refractivity contribution in [3.63, 3.8) is 0 Å². The number of hydrogen-bond donors (Lipinski definition) is 2. The van der Waals surface area contributed by atoms with Crippen LogP contribution in [-0.4, -0.2) is 47.5 Å². The van der Waals surface area contributed by atoms with Crippen molar-refractivity contribution in [3.05, 3.63) is 24.0 Å². The number of aliphatic hydroxyl groups excluding tert-OH is 1. The van der Waals surface area contributed by atoms with Gasteiger partial charge in [0.15, 0.2) is 6.20 Å². The lowest BCUT2D eigenvalue weighted by atomic mass is 10.3. The van der Waals surface area contributed by atoms with Crippen LogP contribution in [0.4, 0.5) is 0 Å². The third-order valence-electron chi connectivity index (χ3n) is 2.17. The highest BCUT2D eigenvalue weighted by Crippen LogP contribution is 1.94. The van der Waals surface area contributed by atoms with E-state index in [1.165, 1.54) is 23.1 Å².